The molecule has 22 heavy (non-hydrogen) atoms. The highest BCUT2D eigenvalue weighted by Gasteiger charge is 2.04. The molecule has 0 fully saturated rings. The number of rotatable bonds is 7. The molecule has 0 saturated heterocycles. The highest BCUT2D eigenvalue weighted by atomic mass is 79.9. The van der Waals surface area contributed by atoms with Crippen LogP contribution in [-0.4, -0.2) is 19.1 Å². The normalized spacial score (nSPS) is 10.3. The van der Waals surface area contributed by atoms with Crippen molar-refractivity contribution in [2.24, 2.45) is 0 Å². The molecule has 0 aromatic heterocycles. The molecule has 0 aliphatic carbocycles. The van der Waals surface area contributed by atoms with Gasteiger partial charge in [0.1, 0.15) is 5.75 Å². The van der Waals surface area contributed by atoms with Crippen LogP contribution in [0.3, 0.4) is 0 Å². The van der Waals surface area contributed by atoms with Gasteiger partial charge in [-0.15, -0.1) is 0 Å². The van der Waals surface area contributed by atoms with Crippen LogP contribution in [0.5, 0.6) is 5.75 Å². The fourth-order valence-corrected chi connectivity index (χ4v) is 2.38. The maximum absolute atomic E-state index is 11.9. The fraction of sp³-hybridized carbons (Fsp3) is 0.278. The Balaban J connectivity index is 1.72. The second-order valence-electron chi connectivity index (χ2n) is 4.94. The Hall–Kier alpha value is -1.81. The summed E-state index contributed by atoms with van der Waals surface area (Å²) in [6.45, 7) is 3.32. The molecule has 0 spiro atoms. The largest absolute Gasteiger partial charge is 0.494 e. The number of carbonyl (C=O) groups excluding carboxylic acids is 1. The summed E-state index contributed by atoms with van der Waals surface area (Å²) in [5, 5.41) is 2.94. The molecule has 0 atom stereocenters. The van der Waals surface area contributed by atoms with Crippen molar-refractivity contribution in [3.63, 3.8) is 0 Å². The summed E-state index contributed by atoms with van der Waals surface area (Å²) in [6.07, 6.45) is 1.85. The topological polar surface area (TPSA) is 38.3 Å². The van der Waals surface area contributed by atoms with Crippen molar-refractivity contribution < 1.29 is 9.53 Å². The molecule has 0 aliphatic heterocycles. The Labute approximate surface area is 139 Å². The van der Waals surface area contributed by atoms with Crippen molar-refractivity contribution in [2.45, 2.75) is 19.8 Å². The van der Waals surface area contributed by atoms with E-state index in [0.29, 0.717) is 18.7 Å². The maximum atomic E-state index is 11.9. The van der Waals surface area contributed by atoms with Crippen LogP contribution in [-0.2, 0) is 6.42 Å². The highest BCUT2D eigenvalue weighted by molar-refractivity contribution is 9.10. The predicted molar refractivity (Wildman–Crippen MR) is 92.4 cm³/mol. The van der Waals surface area contributed by atoms with Gasteiger partial charge in [0, 0.05) is 16.6 Å². The van der Waals surface area contributed by atoms with E-state index in [4.69, 9.17) is 4.74 Å². The SMILES string of the molecule is CCOc1ccc(CCCNC(=O)c2ccc(Br)cc2)cc1. The molecule has 4 heteroatoms. The first-order chi connectivity index (χ1) is 10.7. The second kappa shape index (κ2) is 8.59. The smallest absolute Gasteiger partial charge is 0.251 e. The minimum absolute atomic E-state index is 0.0285. The molecule has 2 aromatic rings. The first-order valence-corrected chi connectivity index (χ1v) is 8.24. The van der Waals surface area contributed by atoms with Crippen LogP contribution in [0.25, 0.3) is 0 Å². The van der Waals surface area contributed by atoms with Crippen molar-refractivity contribution >= 4 is 21.8 Å². The van der Waals surface area contributed by atoms with E-state index in [1.165, 1.54) is 5.56 Å². The first-order valence-electron chi connectivity index (χ1n) is 7.44. The van der Waals surface area contributed by atoms with Crippen LogP contribution in [0.1, 0.15) is 29.3 Å². The summed E-state index contributed by atoms with van der Waals surface area (Å²) in [4.78, 5) is 11.9. The quantitative estimate of drug-likeness (QED) is 0.750. The van der Waals surface area contributed by atoms with Gasteiger partial charge in [0.05, 0.1) is 6.61 Å². The highest BCUT2D eigenvalue weighted by Crippen LogP contribution is 2.13. The lowest BCUT2D eigenvalue weighted by Gasteiger charge is -2.07. The third-order valence-electron chi connectivity index (χ3n) is 3.27. The van der Waals surface area contributed by atoms with E-state index in [0.717, 1.165) is 23.1 Å². The third-order valence-corrected chi connectivity index (χ3v) is 3.80. The number of halogens is 1. The van der Waals surface area contributed by atoms with Gasteiger partial charge >= 0.3 is 0 Å². The van der Waals surface area contributed by atoms with Crippen molar-refractivity contribution in [1.29, 1.82) is 0 Å². The minimum atomic E-state index is -0.0285. The van der Waals surface area contributed by atoms with Crippen molar-refractivity contribution in [3.8, 4) is 5.75 Å². The average Bonchev–Trinajstić information content (AvgIpc) is 2.54. The zero-order valence-corrected chi connectivity index (χ0v) is 14.2. The summed E-state index contributed by atoms with van der Waals surface area (Å²) < 4.78 is 6.39. The molecule has 3 nitrogen and oxygen atoms in total. The maximum Gasteiger partial charge on any atom is 0.251 e. The lowest BCUT2D eigenvalue weighted by molar-refractivity contribution is 0.0953. The van der Waals surface area contributed by atoms with Gasteiger partial charge in [-0.05, 0) is 61.7 Å². The summed E-state index contributed by atoms with van der Waals surface area (Å²) in [5.74, 6) is 0.869. The molecule has 1 amide bonds. The Morgan fingerprint density at radius 3 is 2.41 bits per heavy atom. The molecular weight excluding hydrogens is 342 g/mol. The number of aryl methyl sites for hydroxylation is 1. The van der Waals surface area contributed by atoms with Gasteiger partial charge in [0.2, 0.25) is 0 Å². The van der Waals surface area contributed by atoms with Gasteiger partial charge < -0.3 is 10.1 Å². The van der Waals surface area contributed by atoms with Crippen LogP contribution < -0.4 is 10.1 Å². The number of benzene rings is 2. The monoisotopic (exact) mass is 361 g/mol. The van der Waals surface area contributed by atoms with E-state index < -0.39 is 0 Å². The number of hydrogen-bond donors (Lipinski definition) is 1. The molecule has 0 unspecified atom stereocenters. The molecule has 0 heterocycles. The van der Waals surface area contributed by atoms with Crippen LogP contribution in [0.15, 0.2) is 53.0 Å². The summed E-state index contributed by atoms with van der Waals surface area (Å²) in [7, 11) is 0. The molecule has 0 bridgehead atoms. The predicted octanol–water partition coefficient (Wildman–Crippen LogP) is 4.21. The number of ether oxygens (including phenoxy) is 1. The first kappa shape index (κ1) is 16.6. The van der Waals surface area contributed by atoms with Crippen LogP contribution in [0.2, 0.25) is 0 Å². The van der Waals surface area contributed by atoms with Gasteiger partial charge in [-0.3, -0.25) is 4.79 Å². The van der Waals surface area contributed by atoms with E-state index >= 15 is 0 Å². The fourth-order valence-electron chi connectivity index (χ4n) is 2.12. The van der Waals surface area contributed by atoms with E-state index in [2.05, 4.69) is 33.4 Å². The Morgan fingerprint density at radius 1 is 1.09 bits per heavy atom. The van der Waals surface area contributed by atoms with Gasteiger partial charge in [0.25, 0.3) is 5.91 Å². The number of hydrogen-bond acceptors (Lipinski definition) is 2. The number of nitrogens with one attached hydrogen (secondary N) is 1. The zero-order chi connectivity index (χ0) is 15.8. The molecule has 2 rings (SSSR count). The van der Waals surface area contributed by atoms with E-state index in [-0.39, 0.29) is 5.91 Å². The van der Waals surface area contributed by atoms with Crippen molar-refractivity contribution in [2.75, 3.05) is 13.2 Å². The van der Waals surface area contributed by atoms with Crippen LogP contribution >= 0.6 is 15.9 Å². The van der Waals surface area contributed by atoms with E-state index in [1.807, 2.05) is 43.3 Å². The number of carbonyl (C=O) groups is 1. The molecule has 0 radical (unpaired) electrons. The van der Waals surface area contributed by atoms with Gasteiger partial charge in [-0.1, -0.05) is 28.1 Å². The summed E-state index contributed by atoms with van der Waals surface area (Å²) >= 11 is 3.36. The minimum Gasteiger partial charge on any atom is -0.494 e. The summed E-state index contributed by atoms with van der Waals surface area (Å²) in [6, 6.07) is 15.5. The van der Waals surface area contributed by atoms with Gasteiger partial charge in [-0.2, -0.15) is 0 Å². The summed E-state index contributed by atoms with van der Waals surface area (Å²) in [5.41, 5.74) is 1.94. The van der Waals surface area contributed by atoms with Crippen molar-refractivity contribution in [1.82, 2.24) is 5.32 Å². The molecule has 0 saturated carbocycles. The number of amides is 1. The lowest BCUT2D eigenvalue weighted by Crippen LogP contribution is -2.24. The van der Waals surface area contributed by atoms with Crippen LogP contribution in [0, 0.1) is 0 Å². The van der Waals surface area contributed by atoms with Gasteiger partial charge in [0.15, 0.2) is 0 Å². The van der Waals surface area contributed by atoms with Crippen molar-refractivity contribution in [3.05, 3.63) is 64.1 Å². The molecule has 0 aliphatic rings. The Morgan fingerprint density at radius 2 is 1.77 bits per heavy atom. The standard InChI is InChI=1S/C18H20BrNO2/c1-2-22-17-11-5-14(6-12-17)4-3-13-20-18(21)15-7-9-16(19)10-8-15/h5-12H,2-4,13H2,1H3,(H,20,21). The molecule has 1 N–H and O–H groups in total. The average molecular weight is 362 g/mol. The van der Waals surface area contributed by atoms with E-state index in [9.17, 15) is 4.79 Å². The zero-order valence-electron chi connectivity index (χ0n) is 12.6. The second-order valence-corrected chi connectivity index (χ2v) is 5.86. The third kappa shape index (κ3) is 5.19. The molecular formula is C18H20BrNO2. The Kier molecular flexibility index (Phi) is 6.46. The Bertz CT molecular complexity index is 593. The van der Waals surface area contributed by atoms with Crippen LogP contribution in [0.4, 0.5) is 0 Å². The molecule has 2 aromatic carbocycles. The molecule has 116 valence electrons. The van der Waals surface area contributed by atoms with E-state index in [1.54, 1.807) is 0 Å². The lowest BCUT2D eigenvalue weighted by atomic mass is 10.1. The van der Waals surface area contributed by atoms with Gasteiger partial charge in [-0.25, -0.2) is 0 Å².